The summed E-state index contributed by atoms with van der Waals surface area (Å²) in [5, 5.41) is 3.31. The Morgan fingerprint density at radius 1 is 1.43 bits per heavy atom. The van der Waals surface area contributed by atoms with Crippen LogP contribution >= 0.6 is 11.3 Å². The molecule has 1 heterocycles. The van der Waals surface area contributed by atoms with Crippen molar-refractivity contribution < 1.29 is 4.74 Å². The normalized spacial score (nSPS) is 28.6. The van der Waals surface area contributed by atoms with Crippen LogP contribution in [0.2, 0.25) is 0 Å². The second kappa shape index (κ2) is 6.35. The summed E-state index contributed by atoms with van der Waals surface area (Å²) in [5.41, 5.74) is 7.65. The number of ether oxygens (including phenoxy) is 1. The molecule has 1 aromatic rings. The topological polar surface area (TPSA) is 48.1 Å². The lowest BCUT2D eigenvalue weighted by Crippen LogP contribution is -2.52. The SMILES string of the molecule is COC1(C(N)Cc2nc(C(C)(C)C)cs2)CCC(C)CC1. The van der Waals surface area contributed by atoms with Crippen LogP contribution in [0.5, 0.6) is 0 Å². The summed E-state index contributed by atoms with van der Waals surface area (Å²) in [5.74, 6) is 0.799. The van der Waals surface area contributed by atoms with E-state index in [0.29, 0.717) is 0 Å². The fraction of sp³-hybridized carbons (Fsp3) is 0.824. The van der Waals surface area contributed by atoms with Gasteiger partial charge in [0.05, 0.1) is 16.3 Å². The highest BCUT2D eigenvalue weighted by Gasteiger charge is 2.40. The second-order valence-corrected chi connectivity index (χ2v) is 8.58. The fourth-order valence-electron chi connectivity index (χ4n) is 3.10. The molecule has 1 fully saturated rings. The monoisotopic (exact) mass is 310 g/mol. The molecule has 1 aliphatic carbocycles. The van der Waals surface area contributed by atoms with E-state index in [2.05, 4.69) is 33.1 Å². The van der Waals surface area contributed by atoms with Crippen molar-refractivity contribution in [2.75, 3.05) is 7.11 Å². The van der Waals surface area contributed by atoms with E-state index >= 15 is 0 Å². The second-order valence-electron chi connectivity index (χ2n) is 7.64. The molecule has 1 aromatic heterocycles. The molecular weight excluding hydrogens is 280 g/mol. The van der Waals surface area contributed by atoms with Crippen molar-refractivity contribution in [3.8, 4) is 0 Å². The smallest absolute Gasteiger partial charge is 0.0945 e. The number of rotatable bonds is 4. The molecule has 21 heavy (non-hydrogen) atoms. The molecular formula is C17H30N2OS. The van der Waals surface area contributed by atoms with Gasteiger partial charge in [-0.3, -0.25) is 0 Å². The Hall–Kier alpha value is -0.450. The van der Waals surface area contributed by atoms with Crippen molar-refractivity contribution in [3.63, 3.8) is 0 Å². The highest BCUT2D eigenvalue weighted by atomic mass is 32.1. The molecule has 0 aromatic carbocycles. The molecule has 3 nitrogen and oxygen atoms in total. The van der Waals surface area contributed by atoms with Crippen molar-refractivity contribution in [2.24, 2.45) is 11.7 Å². The molecule has 0 radical (unpaired) electrons. The fourth-order valence-corrected chi connectivity index (χ4v) is 4.18. The lowest BCUT2D eigenvalue weighted by atomic mass is 9.75. The molecule has 2 N–H and O–H groups in total. The summed E-state index contributed by atoms with van der Waals surface area (Å²) in [7, 11) is 1.82. The summed E-state index contributed by atoms with van der Waals surface area (Å²) in [4.78, 5) is 4.78. The highest BCUT2D eigenvalue weighted by molar-refractivity contribution is 7.09. The van der Waals surface area contributed by atoms with Crippen LogP contribution in [0.1, 0.15) is 64.1 Å². The first-order valence-corrected chi connectivity index (χ1v) is 8.90. The summed E-state index contributed by atoms with van der Waals surface area (Å²) < 4.78 is 5.89. The number of thiazole rings is 1. The first-order chi connectivity index (χ1) is 9.77. The minimum atomic E-state index is -0.153. The van der Waals surface area contributed by atoms with Gasteiger partial charge in [-0.05, 0) is 31.6 Å². The van der Waals surface area contributed by atoms with E-state index in [4.69, 9.17) is 15.5 Å². The maximum atomic E-state index is 6.53. The standard InChI is InChI=1S/C17H30N2OS/c1-12-6-8-17(20-5,9-7-12)13(18)10-15-19-14(11-21-15)16(2,3)4/h11-13H,6-10,18H2,1-5H3. The van der Waals surface area contributed by atoms with Crippen LogP contribution in [0.3, 0.4) is 0 Å². The van der Waals surface area contributed by atoms with Crippen LogP contribution in [-0.4, -0.2) is 23.7 Å². The highest BCUT2D eigenvalue weighted by Crippen LogP contribution is 2.37. The summed E-state index contributed by atoms with van der Waals surface area (Å²) in [6.45, 7) is 8.92. The van der Waals surface area contributed by atoms with Crippen LogP contribution in [0.15, 0.2) is 5.38 Å². The summed E-state index contributed by atoms with van der Waals surface area (Å²) in [6.07, 6.45) is 5.40. The number of nitrogens with two attached hydrogens (primary N) is 1. The van der Waals surface area contributed by atoms with E-state index in [0.717, 1.165) is 30.2 Å². The van der Waals surface area contributed by atoms with Crippen molar-refractivity contribution in [1.82, 2.24) is 4.98 Å². The number of nitrogens with zero attached hydrogens (tertiary/aromatic N) is 1. The third-order valence-corrected chi connectivity index (χ3v) is 5.79. The van der Waals surface area contributed by atoms with Crippen molar-refractivity contribution >= 4 is 11.3 Å². The maximum Gasteiger partial charge on any atom is 0.0945 e. The minimum absolute atomic E-state index is 0.0361. The maximum absolute atomic E-state index is 6.53. The average Bonchev–Trinajstić information content (AvgIpc) is 2.88. The number of aromatic nitrogens is 1. The molecule has 4 heteroatoms. The number of hydrogen-bond donors (Lipinski definition) is 1. The number of methoxy groups -OCH3 is 1. The molecule has 1 aliphatic rings. The first-order valence-electron chi connectivity index (χ1n) is 8.02. The van der Waals surface area contributed by atoms with Gasteiger partial charge in [-0.1, -0.05) is 27.7 Å². The Kier molecular flexibility index (Phi) is 5.11. The van der Waals surface area contributed by atoms with E-state index in [-0.39, 0.29) is 17.1 Å². The zero-order valence-electron chi connectivity index (χ0n) is 14.1. The lowest BCUT2D eigenvalue weighted by Gasteiger charge is -2.42. The predicted octanol–water partition coefficient (Wildman–Crippen LogP) is 3.91. The summed E-state index contributed by atoms with van der Waals surface area (Å²) >= 11 is 1.73. The van der Waals surface area contributed by atoms with Gasteiger partial charge < -0.3 is 10.5 Å². The molecule has 0 spiro atoms. The average molecular weight is 311 g/mol. The zero-order valence-corrected chi connectivity index (χ0v) is 14.9. The van der Waals surface area contributed by atoms with Gasteiger partial charge in [0.1, 0.15) is 0 Å². The third-order valence-electron chi connectivity index (χ3n) is 4.92. The molecule has 0 aliphatic heterocycles. The molecule has 1 unspecified atom stereocenters. The largest absolute Gasteiger partial charge is 0.377 e. The molecule has 120 valence electrons. The molecule has 1 atom stereocenters. The zero-order chi connectivity index (χ0) is 15.7. The van der Waals surface area contributed by atoms with Gasteiger partial charge in [-0.25, -0.2) is 4.98 Å². The Morgan fingerprint density at radius 2 is 2.05 bits per heavy atom. The van der Waals surface area contributed by atoms with Crippen LogP contribution in [0, 0.1) is 5.92 Å². The molecule has 0 saturated heterocycles. The van der Waals surface area contributed by atoms with E-state index in [1.165, 1.54) is 18.5 Å². The number of hydrogen-bond acceptors (Lipinski definition) is 4. The molecule has 0 bridgehead atoms. The van der Waals surface area contributed by atoms with Crippen molar-refractivity contribution in [1.29, 1.82) is 0 Å². The van der Waals surface area contributed by atoms with E-state index in [9.17, 15) is 0 Å². The molecule has 1 saturated carbocycles. The van der Waals surface area contributed by atoms with Crippen LogP contribution < -0.4 is 5.73 Å². The molecule has 2 rings (SSSR count). The van der Waals surface area contributed by atoms with Gasteiger partial charge in [0.25, 0.3) is 0 Å². The minimum Gasteiger partial charge on any atom is -0.377 e. The van der Waals surface area contributed by atoms with Gasteiger partial charge in [-0.15, -0.1) is 11.3 Å². The quantitative estimate of drug-likeness (QED) is 0.917. The van der Waals surface area contributed by atoms with Crippen molar-refractivity contribution in [3.05, 3.63) is 16.1 Å². The van der Waals surface area contributed by atoms with Crippen LogP contribution in [-0.2, 0) is 16.6 Å². The molecule has 0 amide bonds. The Labute approximate surface area is 133 Å². The van der Waals surface area contributed by atoms with Crippen LogP contribution in [0.25, 0.3) is 0 Å². The first kappa shape index (κ1) is 16.9. The van der Waals surface area contributed by atoms with E-state index in [1.807, 2.05) is 7.11 Å². The predicted molar refractivity (Wildman–Crippen MR) is 89.9 cm³/mol. The Balaban J connectivity index is 2.06. The Bertz CT molecular complexity index is 456. The van der Waals surface area contributed by atoms with Crippen LogP contribution in [0.4, 0.5) is 0 Å². The lowest BCUT2D eigenvalue weighted by molar-refractivity contribution is -0.0659. The van der Waals surface area contributed by atoms with Gasteiger partial charge in [0, 0.05) is 30.4 Å². The van der Waals surface area contributed by atoms with E-state index in [1.54, 1.807) is 11.3 Å². The third kappa shape index (κ3) is 3.85. The van der Waals surface area contributed by atoms with Gasteiger partial charge in [-0.2, -0.15) is 0 Å². The van der Waals surface area contributed by atoms with E-state index < -0.39 is 0 Å². The summed E-state index contributed by atoms with van der Waals surface area (Å²) in [6, 6.07) is 0.0361. The van der Waals surface area contributed by atoms with Crippen molar-refractivity contribution in [2.45, 2.75) is 76.9 Å². The Morgan fingerprint density at radius 3 is 2.52 bits per heavy atom. The van der Waals surface area contributed by atoms with Gasteiger partial charge in [0.15, 0.2) is 0 Å². The van der Waals surface area contributed by atoms with Gasteiger partial charge in [0.2, 0.25) is 0 Å². The van der Waals surface area contributed by atoms with Gasteiger partial charge >= 0.3 is 0 Å².